The first-order valence-corrected chi connectivity index (χ1v) is 5.63. The van der Waals surface area contributed by atoms with Crippen molar-refractivity contribution in [2.75, 3.05) is 0 Å². The predicted molar refractivity (Wildman–Crippen MR) is 68.7 cm³/mol. The molecule has 2 heteroatoms. The minimum absolute atomic E-state index is 0.569. The molecule has 2 nitrogen and oxygen atoms in total. The first kappa shape index (κ1) is 10.1. The van der Waals surface area contributed by atoms with Crippen LogP contribution in [0.4, 0.5) is 0 Å². The van der Waals surface area contributed by atoms with Crippen LogP contribution < -0.4 is 5.73 Å². The molecular weight excluding hydrogens is 210 g/mol. The Morgan fingerprint density at radius 3 is 2.41 bits per heavy atom. The third-order valence-electron chi connectivity index (χ3n) is 2.96. The van der Waals surface area contributed by atoms with Crippen LogP contribution in [0.2, 0.25) is 0 Å². The van der Waals surface area contributed by atoms with Gasteiger partial charge in [0.2, 0.25) is 0 Å². The molecule has 0 unspecified atom stereocenters. The molecule has 1 aliphatic carbocycles. The Morgan fingerprint density at radius 2 is 1.65 bits per heavy atom. The van der Waals surface area contributed by atoms with Crippen LogP contribution in [-0.4, -0.2) is 0 Å². The molecule has 0 saturated heterocycles. The van der Waals surface area contributed by atoms with E-state index in [4.69, 9.17) is 10.2 Å². The van der Waals surface area contributed by atoms with Crippen molar-refractivity contribution in [3.05, 3.63) is 60.4 Å². The summed E-state index contributed by atoms with van der Waals surface area (Å²) in [5.41, 5.74) is 10.1. The van der Waals surface area contributed by atoms with Crippen molar-refractivity contribution in [3.63, 3.8) is 0 Å². The SMILES string of the molecule is NCc1ccc(-c2cc3cccc-3co2)cc1. The second kappa shape index (κ2) is 4.07. The summed E-state index contributed by atoms with van der Waals surface area (Å²) in [6.45, 7) is 0.569. The van der Waals surface area contributed by atoms with Gasteiger partial charge in [-0.15, -0.1) is 0 Å². The van der Waals surface area contributed by atoms with Gasteiger partial charge < -0.3 is 10.2 Å². The molecule has 1 heterocycles. The Hall–Kier alpha value is -2.06. The molecule has 84 valence electrons. The summed E-state index contributed by atoms with van der Waals surface area (Å²) < 4.78 is 5.63. The first-order chi connectivity index (χ1) is 8.36. The number of hydrogen-bond acceptors (Lipinski definition) is 2. The quantitative estimate of drug-likeness (QED) is 0.722. The summed E-state index contributed by atoms with van der Waals surface area (Å²) in [5.74, 6) is 0.882. The molecule has 2 aliphatic rings. The van der Waals surface area contributed by atoms with Crippen LogP contribution in [-0.2, 0) is 6.54 Å². The van der Waals surface area contributed by atoms with Crippen LogP contribution in [0.15, 0.2) is 59.2 Å². The Balaban J connectivity index is 2.05. The molecule has 1 aromatic carbocycles. The van der Waals surface area contributed by atoms with Gasteiger partial charge in [-0.3, -0.25) is 0 Å². The van der Waals surface area contributed by atoms with E-state index >= 15 is 0 Å². The van der Waals surface area contributed by atoms with Crippen molar-refractivity contribution in [1.82, 2.24) is 0 Å². The van der Waals surface area contributed by atoms with E-state index in [1.165, 1.54) is 5.56 Å². The van der Waals surface area contributed by atoms with Crippen LogP contribution >= 0.6 is 0 Å². The second-order valence-corrected chi connectivity index (χ2v) is 4.08. The minimum atomic E-state index is 0.569. The molecule has 0 spiro atoms. The van der Waals surface area contributed by atoms with E-state index in [2.05, 4.69) is 12.1 Å². The van der Waals surface area contributed by atoms with Crippen molar-refractivity contribution in [2.24, 2.45) is 5.73 Å². The van der Waals surface area contributed by atoms with Gasteiger partial charge in [-0.05, 0) is 17.2 Å². The van der Waals surface area contributed by atoms with E-state index in [-0.39, 0.29) is 0 Å². The topological polar surface area (TPSA) is 39.2 Å². The molecule has 0 radical (unpaired) electrons. The second-order valence-electron chi connectivity index (χ2n) is 4.08. The van der Waals surface area contributed by atoms with E-state index in [0.717, 1.165) is 22.5 Å². The molecule has 0 amide bonds. The fraction of sp³-hybridized carbons (Fsp3) is 0.0667. The van der Waals surface area contributed by atoms with Crippen LogP contribution in [0.1, 0.15) is 5.56 Å². The molecule has 0 bridgehead atoms. The van der Waals surface area contributed by atoms with Crippen LogP contribution in [0.3, 0.4) is 0 Å². The maximum Gasteiger partial charge on any atom is 0.134 e. The standard InChI is InChI=1S/C15H13NO/c16-9-11-4-6-12(7-5-11)15-8-13-2-1-3-14(13)10-17-15/h1-8,10H,9,16H2. The van der Waals surface area contributed by atoms with E-state index in [1.807, 2.05) is 36.4 Å². The summed E-state index contributed by atoms with van der Waals surface area (Å²) in [4.78, 5) is 0. The highest BCUT2D eigenvalue weighted by molar-refractivity contribution is 5.71. The van der Waals surface area contributed by atoms with Gasteiger partial charge in [0.15, 0.2) is 0 Å². The summed E-state index contributed by atoms with van der Waals surface area (Å²) in [5, 5.41) is 0. The van der Waals surface area contributed by atoms with Gasteiger partial charge in [-0.1, -0.05) is 42.5 Å². The number of fused-ring (bicyclic) bond motifs is 1. The summed E-state index contributed by atoms with van der Waals surface area (Å²) in [6, 6.07) is 16.3. The summed E-state index contributed by atoms with van der Waals surface area (Å²) in [7, 11) is 0. The molecule has 17 heavy (non-hydrogen) atoms. The molecule has 3 rings (SSSR count). The Morgan fingerprint density at radius 1 is 0.882 bits per heavy atom. The maximum atomic E-state index is 5.63. The van der Waals surface area contributed by atoms with Gasteiger partial charge in [0.05, 0.1) is 6.26 Å². The van der Waals surface area contributed by atoms with Crippen LogP contribution in [0.25, 0.3) is 22.5 Å². The Labute approximate surface area is 100 Å². The third-order valence-corrected chi connectivity index (χ3v) is 2.96. The van der Waals surface area contributed by atoms with Crippen LogP contribution in [0, 0.1) is 0 Å². The maximum absolute atomic E-state index is 5.63. The summed E-state index contributed by atoms with van der Waals surface area (Å²) in [6.07, 6.45) is 1.79. The Bertz CT molecular complexity index is 595. The number of benzene rings is 1. The van der Waals surface area contributed by atoms with Gasteiger partial charge in [-0.25, -0.2) is 0 Å². The largest absolute Gasteiger partial charge is 0.464 e. The minimum Gasteiger partial charge on any atom is -0.464 e. The lowest BCUT2D eigenvalue weighted by atomic mass is 10.1. The van der Waals surface area contributed by atoms with Gasteiger partial charge in [0.25, 0.3) is 0 Å². The molecule has 1 aliphatic heterocycles. The predicted octanol–water partition coefficient (Wildman–Crippen LogP) is 3.51. The average Bonchev–Trinajstić information content (AvgIpc) is 2.86. The van der Waals surface area contributed by atoms with E-state index in [0.29, 0.717) is 6.54 Å². The van der Waals surface area contributed by atoms with Crippen molar-refractivity contribution in [1.29, 1.82) is 0 Å². The van der Waals surface area contributed by atoms with Gasteiger partial charge in [0.1, 0.15) is 5.76 Å². The lowest BCUT2D eigenvalue weighted by Gasteiger charge is -2.05. The average molecular weight is 223 g/mol. The third kappa shape index (κ3) is 1.83. The zero-order valence-electron chi connectivity index (χ0n) is 9.39. The highest BCUT2D eigenvalue weighted by Crippen LogP contribution is 2.29. The van der Waals surface area contributed by atoms with Gasteiger partial charge >= 0.3 is 0 Å². The summed E-state index contributed by atoms with van der Waals surface area (Å²) >= 11 is 0. The number of nitrogens with two attached hydrogens (primary N) is 1. The highest BCUT2D eigenvalue weighted by atomic mass is 16.3. The molecular formula is C15H13NO. The lowest BCUT2D eigenvalue weighted by Crippen LogP contribution is -1.95. The van der Waals surface area contributed by atoms with Gasteiger partial charge in [0, 0.05) is 17.7 Å². The molecule has 0 saturated carbocycles. The normalized spacial score (nSPS) is 10.9. The number of rotatable bonds is 2. The molecule has 0 aromatic heterocycles. The van der Waals surface area contributed by atoms with E-state index in [9.17, 15) is 0 Å². The number of hydrogen-bond donors (Lipinski definition) is 1. The van der Waals surface area contributed by atoms with Crippen molar-refractivity contribution in [3.8, 4) is 22.5 Å². The fourth-order valence-electron chi connectivity index (χ4n) is 1.95. The first-order valence-electron chi connectivity index (χ1n) is 5.63. The smallest absolute Gasteiger partial charge is 0.134 e. The zero-order valence-corrected chi connectivity index (χ0v) is 9.39. The lowest BCUT2D eigenvalue weighted by molar-refractivity contribution is 0.568. The van der Waals surface area contributed by atoms with Crippen LogP contribution in [0.5, 0.6) is 0 Å². The molecule has 1 aromatic rings. The fourth-order valence-corrected chi connectivity index (χ4v) is 1.95. The molecule has 2 N–H and O–H groups in total. The van der Waals surface area contributed by atoms with E-state index < -0.39 is 0 Å². The Kier molecular flexibility index (Phi) is 2.42. The zero-order chi connectivity index (χ0) is 11.7. The van der Waals surface area contributed by atoms with Crippen molar-refractivity contribution in [2.45, 2.75) is 6.54 Å². The molecule has 0 fully saturated rings. The monoisotopic (exact) mass is 223 g/mol. The van der Waals surface area contributed by atoms with Crippen molar-refractivity contribution >= 4 is 0 Å². The highest BCUT2D eigenvalue weighted by Gasteiger charge is 2.06. The van der Waals surface area contributed by atoms with Gasteiger partial charge in [-0.2, -0.15) is 0 Å². The van der Waals surface area contributed by atoms with Crippen molar-refractivity contribution < 1.29 is 4.42 Å². The molecule has 0 atom stereocenters. The van der Waals surface area contributed by atoms with E-state index in [1.54, 1.807) is 6.26 Å².